The molecule has 0 spiro atoms. The van der Waals surface area contributed by atoms with Gasteiger partial charge in [0.1, 0.15) is 5.82 Å². The summed E-state index contributed by atoms with van der Waals surface area (Å²) < 4.78 is 0. The van der Waals surface area contributed by atoms with E-state index in [0.717, 1.165) is 11.5 Å². The van der Waals surface area contributed by atoms with Crippen molar-refractivity contribution in [2.45, 2.75) is 13.8 Å². The van der Waals surface area contributed by atoms with Gasteiger partial charge in [-0.05, 0) is 19.9 Å². The summed E-state index contributed by atoms with van der Waals surface area (Å²) in [7, 11) is 0. The Bertz CT molecular complexity index is 171. The Morgan fingerprint density at radius 3 is 2.33 bits per heavy atom. The minimum absolute atomic E-state index is 0. The highest BCUT2D eigenvalue weighted by atomic mass is 31.0. The maximum atomic E-state index is 4.06. The topological polar surface area (TPSA) is 25.8 Å². The molecule has 1 aromatic rings. The van der Waals surface area contributed by atoms with Crippen molar-refractivity contribution in [1.82, 2.24) is 9.97 Å². The van der Waals surface area contributed by atoms with Crippen molar-refractivity contribution in [2.75, 3.05) is 0 Å². The Hall–Kier alpha value is -0.490. The summed E-state index contributed by atoms with van der Waals surface area (Å²) in [5.74, 6) is 0.838. The maximum Gasteiger partial charge on any atom is 0.125 e. The number of nitrogens with zero attached hydrogens (tertiary/aromatic N) is 2. The number of aryl methyl sites for hydroxylation is 2. The van der Waals surface area contributed by atoms with E-state index in [1.165, 1.54) is 0 Å². The fourth-order valence-electron chi connectivity index (χ4n) is 0.574. The molecule has 1 heterocycles. The molecule has 0 aliphatic heterocycles. The molecule has 0 aliphatic rings. The molecular weight excluding hydrogens is 131 g/mol. The third kappa shape index (κ3) is 2.52. The molecule has 50 valence electrons. The van der Waals surface area contributed by atoms with Crippen molar-refractivity contribution in [3.63, 3.8) is 0 Å². The molecule has 0 radical (unpaired) electrons. The van der Waals surface area contributed by atoms with Gasteiger partial charge in [-0.25, -0.2) is 9.97 Å². The zero-order valence-corrected chi connectivity index (χ0v) is 7.17. The lowest BCUT2D eigenvalue weighted by atomic mass is 10.4. The summed E-state index contributed by atoms with van der Waals surface area (Å²) >= 11 is 0. The monoisotopic (exact) mass is 142 g/mol. The highest BCUT2D eigenvalue weighted by Gasteiger charge is 1.83. The number of hydrogen-bond donors (Lipinski definition) is 0. The van der Waals surface area contributed by atoms with Crippen molar-refractivity contribution in [2.24, 2.45) is 0 Å². The van der Waals surface area contributed by atoms with E-state index in [2.05, 4.69) is 9.97 Å². The molecule has 0 aliphatic carbocycles. The Morgan fingerprint density at radius 1 is 1.33 bits per heavy atom. The van der Waals surface area contributed by atoms with Crippen LogP contribution in [0.4, 0.5) is 0 Å². The first kappa shape index (κ1) is 8.51. The molecule has 0 aromatic carbocycles. The first-order chi connectivity index (χ1) is 3.79. The molecule has 1 aromatic heterocycles. The zero-order chi connectivity index (χ0) is 5.98. The molecule has 0 N–H and O–H groups in total. The number of aromatic nitrogens is 2. The van der Waals surface area contributed by atoms with Gasteiger partial charge in [0.2, 0.25) is 0 Å². The highest BCUT2D eigenvalue weighted by molar-refractivity contribution is 6.92. The standard InChI is InChI=1S/C6H8N2.H3P/c1-5-3-4-7-6(2)8-5;/h3-4H,1-2H3;1H3. The molecule has 1 unspecified atom stereocenters. The van der Waals surface area contributed by atoms with E-state index in [0.29, 0.717) is 0 Å². The average Bonchev–Trinajstić information content (AvgIpc) is 1.64. The molecule has 2 nitrogen and oxygen atoms in total. The molecule has 0 saturated heterocycles. The average molecular weight is 142 g/mol. The third-order valence-electron chi connectivity index (χ3n) is 0.915. The number of hydrogen-bond acceptors (Lipinski definition) is 2. The van der Waals surface area contributed by atoms with Crippen LogP contribution in [-0.4, -0.2) is 9.97 Å². The predicted molar refractivity (Wildman–Crippen MR) is 42.6 cm³/mol. The minimum Gasteiger partial charge on any atom is -0.242 e. The quantitative estimate of drug-likeness (QED) is 0.508. The molecule has 3 heteroatoms. The van der Waals surface area contributed by atoms with Gasteiger partial charge in [-0.3, -0.25) is 0 Å². The predicted octanol–water partition coefficient (Wildman–Crippen LogP) is 1.15. The summed E-state index contributed by atoms with van der Waals surface area (Å²) in [6.45, 7) is 3.84. The van der Waals surface area contributed by atoms with Crippen molar-refractivity contribution < 1.29 is 0 Å². The maximum absolute atomic E-state index is 4.06. The van der Waals surface area contributed by atoms with Crippen molar-refractivity contribution >= 4 is 9.90 Å². The van der Waals surface area contributed by atoms with E-state index in [-0.39, 0.29) is 9.90 Å². The second-order valence-electron chi connectivity index (χ2n) is 1.75. The van der Waals surface area contributed by atoms with Gasteiger partial charge in [-0.2, -0.15) is 9.90 Å². The fourth-order valence-corrected chi connectivity index (χ4v) is 0.574. The lowest BCUT2D eigenvalue weighted by Gasteiger charge is -1.89. The van der Waals surface area contributed by atoms with Crippen LogP contribution in [0.25, 0.3) is 0 Å². The second kappa shape index (κ2) is 3.52. The van der Waals surface area contributed by atoms with E-state index in [1.54, 1.807) is 6.20 Å². The molecule has 1 rings (SSSR count). The largest absolute Gasteiger partial charge is 0.242 e. The van der Waals surface area contributed by atoms with E-state index in [1.807, 2.05) is 19.9 Å². The number of rotatable bonds is 0. The normalized spacial score (nSPS) is 8.22. The van der Waals surface area contributed by atoms with E-state index < -0.39 is 0 Å². The summed E-state index contributed by atoms with van der Waals surface area (Å²) in [6.07, 6.45) is 1.76. The van der Waals surface area contributed by atoms with Crippen molar-refractivity contribution in [3.05, 3.63) is 23.8 Å². The van der Waals surface area contributed by atoms with Crippen LogP contribution in [0.2, 0.25) is 0 Å². The van der Waals surface area contributed by atoms with Crippen LogP contribution in [0.3, 0.4) is 0 Å². The van der Waals surface area contributed by atoms with Gasteiger partial charge in [0.05, 0.1) is 0 Å². The zero-order valence-electron chi connectivity index (χ0n) is 5.76. The van der Waals surface area contributed by atoms with Gasteiger partial charge >= 0.3 is 0 Å². The Balaban J connectivity index is 0.000000640. The molecule has 0 amide bonds. The van der Waals surface area contributed by atoms with Crippen LogP contribution in [0.15, 0.2) is 12.3 Å². The smallest absolute Gasteiger partial charge is 0.125 e. The summed E-state index contributed by atoms with van der Waals surface area (Å²) in [4.78, 5) is 7.99. The van der Waals surface area contributed by atoms with Gasteiger partial charge in [0, 0.05) is 11.9 Å². The SMILES string of the molecule is Cc1ccnc(C)n1.P. The molecule has 0 bridgehead atoms. The van der Waals surface area contributed by atoms with Gasteiger partial charge < -0.3 is 0 Å². The van der Waals surface area contributed by atoms with Crippen LogP contribution < -0.4 is 0 Å². The van der Waals surface area contributed by atoms with Gasteiger partial charge in [-0.1, -0.05) is 0 Å². The Morgan fingerprint density at radius 2 is 2.00 bits per heavy atom. The fraction of sp³-hybridized carbons (Fsp3) is 0.333. The van der Waals surface area contributed by atoms with Crippen LogP contribution in [0.1, 0.15) is 11.5 Å². The van der Waals surface area contributed by atoms with Gasteiger partial charge in [0.25, 0.3) is 0 Å². The van der Waals surface area contributed by atoms with Crippen LogP contribution in [0, 0.1) is 13.8 Å². The van der Waals surface area contributed by atoms with Crippen LogP contribution >= 0.6 is 9.90 Å². The first-order valence-corrected chi connectivity index (χ1v) is 2.55. The van der Waals surface area contributed by atoms with Crippen molar-refractivity contribution in [3.8, 4) is 0 Å². The van der Waals surface area contributed by atoms with Gasteiger partial charge in [0.15, 0.2) is 0 Å². The summed E-state index contributed by atoms with van der Waals surface area (Å²) in [6, 6.07) is 1.88. The molecular formula is C6H11N2P. The summed E-state index contributed by atoms with van der Waals surface area (Å²) in [5, 5.41) is 0. The lowest BCUT2D eigenvalue weighted by Crippen LogP contribution is -1.86. The summed E-state index contributed by atoms with van der Waals surface area (Å²) in [5.41, 5.74) is 1.03. The van der Waals surface area contributed by atoms with Crippen LogP contribution in [0.5, 0.6) is 0 Å². The molecule has 0 fully saturated rings. The first-order valence-electron chi connectivity index (χ1n) is 2.55. The van der Waals surface area contributed by atoms with Gasteiger partial charge in [-0.15, -0.1) is 0 Å². The Labute approximate surface area is 58.4 Å². The molecule has 9 heavy (non-hydrogen) atoms. The minimum atomic E-state index is 0. The van der Waals surface area contributed by atoms with E-state index in [4.69, 9.17) is 0 Å². The van der Waals surface area contributed by atoms with E-state index in [9.17, 15) is 0 Å². The van der Waals surface area contributed by atoms with Crippen LogP contribution in [-0.2, 0) is 0 Å². The second-order valence-corrected chi connectivity index (χ2v) is 1.75. The third-order valence-corrected chi connectivity index (χ3v) is 0.915. The Kier molecular flexibility index (Phi) is 3.33. The molecule has 1 atom stereocenters. The van der Waals surface area contributed by atoms with E-state index >= 15 is 0 Å². The highest BCUT2D eigenvalue weighted by Crippen LogP contribution is 1.88. The van der Waals surface area contributed by atoms with Crippen molar-refractivity contribution in [1.29, 1.82) is 0 Å². The lowest BCUT2D eigenvalue weighted by molar-refractivity contribution is 1.01. The molecule has 0 saturated carbocycles.